The van der Waals surface area contributed by atoms with Crippen molar-refractivity contribution in [2.75, 3.05) is 37.8 Å². The van der Waals surface area contributed by atoms with Gasteiger partial charge in [0, 0.05) is 24.8 Å². The summed E-state index contributed by atoms with van der Waals surface area (Å²) in [5.74, 6) is 1.41. The number of esters is 1. The van der Waals surface area contributed by atoms with Gasteiger partial charge in [-0.25, -0.2) is 14.8 Å². The smallest absolute Gasteiger partial charge is 0.343 e. The third-order valence-corrected chi connectivity index (χ3v) is 4.92. The van der Waals surface area contributed by atoms with Crippen molar-refractivity contribution in [2.45, 2.75) is 13.5 Å². The highest BCUT2D eigenvalue weighted by Gasteiger charge is 2.23. The number of anilines is 1. The SMILES string of the molecule is CCOC(=O)c1cnc(-c2cccc(OCc3ccccc3)c2)nc1N1CCOCC1. The summed E-state index contributed by atoms with van der Waals surface area (Å²) in [7, 11) is 0. The van der Waals surface area contributed by atoms with Gasteiger partial charge in [-0.2, -0.15) is 0 Å². The maximum Gasteiger partial charge on any atom is 0.343 e. The molecular weight excluding hydrogens is 394 g/mol. The highest BCUT2D eigenvalue weighted by atomic mass is 16.5. The van der Waals surface area contributed by atoms with E-state index in [0.717, 1.165) is 16.9 Å². The molecule has 0 amide bonds. The number of rotatable bonds is 7. The molecule has 1 aliphatic heterocycles. The number of morpholine rings is 1. The van der Waals surface area contributed by atoms with E-state index in [-0.39, 0.29) is 0 Å². The molecule has 0 aliphatic carbocycles. The Bertz CT molecular complexity index is 1020. The van der Waals surface area contributed by atoms with Gasteiger partial charge in [0.1, 0.15) is 23.7 Å². The average molecular weight is 419 g/mol. The quantitative estimate of drug-likeness (QED) is 0.540. The lowest BCUT2D eigenvalue weighted by molar-refractivity contribution is 0.0525. The van der Waals surface area contributed by atoms with Crippen LogP contribution in [0, 0.1) is 0 Å². The van der Waals surface area contributed by atoms with Gasteiger partial charge in [-0.05, 0) is 24.6 Å². The molecule has 2 heterocycles. The monoisotopic (exact) mass is 419 g/mol. The van der Waals surface area contributed by atoms with Gasteiger partial charge in [0.05, 0.1) is 19.8 Å². The molecule has 0 saturated carbocycles. The molecule has 1 aromatic heterocycles. The Morgan fingerprint density at radius 3 is 2.68 bits per heavy atom. The van der Waals surface area contributed by atoms with Crippen LogP contribution in [-0.2, 0) is 16.1 Å². The van der Waals surface area contributed by atoms with Crippen molar-refractivity contribution in [3.63, 3.8) is 0 Å². The van der Waals surface area contributed by atoms with E-state index in [1.165, 1.54) is 0 Å². The zero-order chi connectivity index (χ0) is 21.5. The van der Waals surface area contributed by atoms with Crippen molar-refractivity contribution in [3.8, 4) is 17.1 Å². The maximum absolute atomic E-state index is 12.4. The first-order valence-electron chi connectivity index (χ1n) is 10.4. The van der Waals surface area contributed by atoms with Gasteiger partial charge in [-0.3, -0.25) is 0 Å². The Kier molecular flexibility index (Phi) is 6.74. The van der Waals surface area contributed by atoms with Crippen molar-refractivity contribution in [1.29, 1.82) is 0 Å². The number of hydrogen-bond donors (Lipinski definition) is 0. The molecule has 2 aromatic carbocycles. The summed E-state index contributed by atoms with van der Waals surface area (Å²) in [6.45, 7) is 5.04. The van der Waals surface area contributed by atoms with Gasteiger partial charge >= 0.3 is 5.97 Å². The molecule has 3 aromatic rings. The van der Waals surface area contributed by atoms with Crippen molar-refractivity contribution in [3.05, 3.63) is 71.9 Å². The van der Waals surface area contributed by atoms with Gasteiger partial charge in [0.2, 0.25) is 0 Å². The second-order valence-electron chi connectivity index (χ2n) is 7.05. The fourth-order valence-electron chi connectivity index (χ4n) is 3.35. The fraction of sp³-hybridized carbons (Fsp3) is 0.292. The summed E-state index contributed by atoms with van der Waals surface area (Å²) in [5, 5.41) is 0. The van der Waals surface area contributed by atoms with Crippen LogP contribution in [0.2, 0.25) is 0 Å². The van der Waals surface area contributed by atoms with Crippen LogP contribution in [0.15, 0.2) is 60.8 Å². The minimum atomic E-state index is -0.421. The number of nitrogens with zero attached hydrogens (tertiary/aromatic N) is 3. The van der Waals surface area contributed by atoms with E-state index in [1.807, 2.05) is 59.5 Å². The molecule has 0 unspecified atom stereocenters. The van der Waals surface area contributed by atoms with E-state index in [0.29, 0.717) is 56.7 Å². The summed E-state index contributed by atoms with van der Waals surface area (Å²) >= 11 is 0. The molecule has 0 radical (unpaired) electrons. The minimum Gasteiger partial charge on any atom is -0.489 e. The lowest BCUT2D eigenvalue weighted by atomic mass is 10.2. The summed E-state index contributed by atoms with van der Waals surface area (Å²) < 4.78 is 16.6. The van der Waals surface area contributed by atoms with Crippen LogP contribution in [-0.4, -0.2) is 48.8 Å². The van der Waals surface area contributed by atoms with E-state index in [2.05, 4.69) is 4.98 Å². The molecule has 0 bridgehead atoms. The zero-order valence-corrected chi connectivity index (χ0v) is 17.5. The van der Waals surface area contributed by atoms with Crippen molar-refractivity contribution < 1.29 is 19.0 Å². The van der Waals surface area contributed by atoms with Crippen LogP contribution >= 0.6 is 0 Å². The van der Waals surface area contributed by atoms with Gasteiger partial charge < -0.3 is 19.1 Å². The predicted octanol–water partition coefficient (Wildman–Crippen LogP) is 3.74. The number of carbonyl (C=O) groups excluding carboxylic acids is 1. The zero-order valence-electron chi connectivity index (χ0n) is 17.5. The first kappa shape index (κ1) is 20.8. The number of hydrogen-bond acceptors (Lipinski definition) is 7. The Morgan fingerprint density at radius 2 is 1.90 bits per heavy atom. The molecule has 1 aliphatic rings. The maximum atomic E-state index is 12.4. The Hall–Kier alpha value is -3.45. The molecule has 7 heteroatoms. The van der Waals surface area contributed by atoms with Crippen LogP contribution in [0.4, 0.5) is 5.82 Å². The molecule has 4 rings (SSSR count). The molecule has 7 nitrogen and oxygen atoms in total. The molecule has 1 fully saturated rings. The molecule has 0 N–H and O–H groups in total. The summed E-state index contributed by atoms with van der Waals surface area (Å²) in [4.78, 5) is 23.7. The lowest BCUT2D eigenvalue weighted by Crippen LogP contribution is -2.38. The van der Waals surface area contributed by atoms with Crippen LogP contribution < -0.4 is 9.64 Å². The normalized spacial score (nSPS) is 13.6. The Morgan fingerprint density at radius 1 is 1.10 bits per heavy atom. The van der Waals surface area contributed by atoms with Crippen LogP contribution in [0.1, 0.15) is 22.8 Å². The minimum absolute atomic E-state index is 0.296. The molecule has 31 heavy (non-hydrogen) atoms. The van der Waals surface area contributed by atoms with E-state index in [1.54, 1.807) is 13.1 Å². The third-order valence-electron chi connectivity index (χ3n) is 4.92. The summed E-state index contributed by atoms with van der Waals surface area (Å²) in [6, 6.07) is 17.7. The van der Waals surface area contributed by atoms with Gasteiger partial charge in [0.25, 0.3) is 0 Å². The van der Waals surface area contributed by atoms with Crippen molar-refractivity contribution in [2.24, 2.45) is 0 Å². The van der Waals surface area contributed by atoms with Gasteiger partial charge in [0.15, 0.2) is 5.82 Å². The third kappa shape index (κ3) is 5.19. The largest absolute Gasteiger partial charge is 0.489 e. The van der Waals surface area contributed by atoms with Crippen LogP contribution in [0.5, 0.6) is 5.75 Å². The van der Waals surface area contributed by atoms with Gasteiger partial charge in [-0.15, -0.1) is 0 Å². The predicted molar refractivity (Wildman–Crippen MR) is 117 cm³/mol. The Balaban J connectivity index is 1.60. The lowest BCUT2D eigenvalue weighted by Gasteiger charge is -2.29. The highest BCUT2D eigenvalue weighted by Crippen LogP contribution is 2.26. The van der Waals surface area contributed by atoms with Gasteiger partial charge in [-0.1, -0.05) is 42.5 Å². The second-order valence-corrected chi connectivity index (χ2v) is 7.05. The average Bonchev–Trinajstić information content (AvgIpc) is 2.84. The van der Waals surface area contributed by atoms with Crippen molar-refractivity contribution in [1.82, 2.24) is 9.97 Å². The highest BCUT2D eigenvalue weighted by molar-refractivity contribution is 5.94. The number of aromatic nitrogens is 2. The molecule has 0 spiro atoms. The summed E-state index contributed by atoms with van der Waals surface area (Å²) in [6.07, 6.45) is 1.54. The molecular formula is C24H25N3O4. The fourth-order valence-corrected chi connectivity index (χ4v) is 3.35. The molecule has 1 saturated heterocycles. The van der Waals surface area contributed by atoms with E-state index in [9.17, 15) is 4.79 Å². The Labute approximate surface area is 181 Å². The van der Waals surface area contributed by atoms with E-state index < -0.39 is 5.97 Å². The standard InChI is InChI=1S/C24H25N3O4/c1-2-30-24(28)21-16-25-22(26-23(21)27-11-13-29-14-12-27)19-9-6-10-20(15-19)31-17-18-7-4-3-5-8-18/h3-10,15-16H,2,11-14,17H2,1H3. The first-order valence-corrected chi connectivity index (χ1v) is 10.4. The van der Waals surface area contributed by atoms with E-state index >= 15 is 0 Å². The number of ether oxygens (including phenoxy) is 3. The summed E-state index contributed by atoms with van der Waals surface area (Å²) in [5.41, 5.74) is 2.28. The molecule has 160 valence electrons. The second kappa shape index (κ2) is 10.0. The van der Waals surface area contributed by atoms with Crippen molar-refractivity contribution >= 4 is 11.8 Å². The number of carbonyl (C=O) groups is 1. The number of benzene rings is 2. The van der Waals surface area contributed by atoms with Crippen LogP contribution in [0.3, 0.4) is 0 Å². The first-order chi connectivity index (χ1) is 15.2. The topological polar surface area (TPSA) is 73.8 Å². The molecule has 0 atom stereocenters. The van der Waals surface area contributed by atoms with E-state index in [4.69, 9.17) is 19.2 Å². The van der Waals surface area contributed by atoms with Crippen LogP contribution in [0.25, 0.3) is 11.4 Å².